The van der Waals surface area contributed by atoms with E-state index < -0.39 is 0 Å². The molecular weight excluding hydrogens is 1620 g/mol. The molecule has 0 unspecified atom stereocenters. The van der Waals surface area contributed by atoms with Crippen LogP contribution in [0.5, 0.6) is 0 Å². The Morgan fingerprint density at radius 2 is 0.641 bits per heavy atom. The molecule has 21 heteroatoms. The SMILES string of the molecule is C.CC(C)(C)C[C@H]1CCc2nn(-c3ccccc3)c[n+]21.CC(C)(C)[C@H]1CCc2nn(-c3ccccc3)c[n+]21.CC(C)C[C@H]1CCc2nn(-c3ccccc3)c[n+]21.CC(C)[C@H]1CCc2nn(-c3ccccc3)c[n+]21.Cc1cc(C)c(-n2c[n+]3c(n2)CCC3)c(C)c1.[CH3-].[CH3-].[CH3-].[CH3-].[CH3-].[CH3-].c1ccc(-n2c[n+]3c(n2)CCC3)cc1.c1ccc(C[C@H]2CCc3nn(-c4ccccc4)c[n+]32)cc1. The van der Waals surface area contributed by atoms with Gasteiger partial charge in [-0.15, -0.1) is 0 Å². The van der Waals surface area contributed by atoms with Crippen molar-refractivity contribution in [2.75, 3.05) is 0 Å². The molecule has 0 amide bonds. The van der Waals surface area contributed by atoms with Crippen molar-refractivity contribution in [2.45, 2.75) is 250 Å². The standard InChI is InChI=1S/C18H18N3.C16H22N3.2C15H20N3.2C14H18N3.C11H12N3.CH4.6CH3/c1-3-7-15(8-4-1)13-17-11-12-18-19-21(14-20(17)18)16-9-5-2-6-10-16;1-16(2,3)11-14-9-10-15-17-19(12-18(14)15)13-7-5-4-6-8-13;1-15(2,3)13-9-10-14-16-18(11-17(13)14)12-7-5-4-6-8-12;1-12(2)10-14-8-9-15-16-18(11-17(14)15)13-6-4-3-5-7-13;1-10-7-11(2)14(12(3)8-10)17-9-16-6-4-5-13(16)15-17;1-11(2)13-8-9-14-15-17(10-16(13)14)12-6-4-3-5-7-12;1-2-5-10(6-3-1)14-9-13-8-4-7-11(13)12-14;;;;;;;/h1-10,14,17H,11-13H2;4-8,12,14H,9-11H2,1-3H3;4-8,11,13H,9-10H2,1-3H3;3-7,11-12,14H,8-10H2,1-2H3;7-9H,4-6H2,1-3H3;3-7,10-11,13H,8-9H2,1-2H3;1-3,5-6,9H,4,7-8H2;1H4;6*1H3/q7*+1;;6*-1/t17-;14-;13-;14-;;13-;;;;;;;;/m1111.1......../s1. The molecule has 0 spiro atoms. The fraction of sp³-hybridized carbons (Fsp3) is 0.382. The highest BCUT2D eigenvalue weighted by Crippen LogP contribution is 2.35. The van der Waals surface area contributed by atoms with Crippen molar-refractivity contribution in [2.24, 2.45) is 22.7 Å². The van der Waals surface area contributed by atoms with Gasteiger partial charge in [0.25, 0.3) is 40.8 Å². The Kier molecular flexibility index (Phi) is 36.0. The second-order valence-corrected chi connectivity index (χ2v) is 37.7. The van der Waals surface area contributed by atoms with E-state index in [9.17, 15) is 0 Å². The molecule has 7 aliphatic rings. The van der Waals surface area contributed by atoms with E-state index in [4.69, 9.17) is 25.5 Å². The summed E-state index contributed by atoms with van der Waals surface area (Å²) in [7, 11) is 0. The van der Waals surface area contributed by atoms with Crippen molar-refractivity contribution in [3.63, 3.8) is 0 Å². The minimum Gasteiger partial charge on any atom is -0.358 e. The van der Waals surface area contributed by atoms with Crippen LogP contribution in [-0.2, 0) is 64.5 Å². The molecule has 14 heterocycles. The summed E-state index contributed by atoms with van der Waals surface area (Å²) < 4.78 is 30.3. The number of aromatic nitrogens is 21. The zero-order chi connectivity index (χ0) is 86.0. The van der Waals surface area contributed by atoms with Crippen LogP contribution < -0.4 is 32.0 Å². The van der Waals surface area contributed by atoms with Gasteiger partial charge in [0.1, 0.15) is 39.8 Å². The van der Waals surface area contributed by atoms with E-state index in [0.29, 0.717) is 47.0 Å². The predicted molar refractivity (Wildman–Crippen MR) is 527 cm³/mol. The monoisotopic (exact) mass is 1770 g/mol. The van der Waals surface area contributed by atoms with Crippen LogP contribution in [0.4, 0.5) is 0 Å². The van der Waals surface area contributed by atoms with E-state index in [2.05, 4.69) is 316 Å². The summed E-state index contributed by atoms with van der Waals surface area (Å²) in [4.78, 5) is 0. The molecule has 8 aromatic carbocycles. The average molecular weight is 1770 g/mol. The molecule has 7 aromatic heterocycles. The molecule has 7 aliphatic heterocycles. The van der Waals surface area contributed by atoms with Crippen LogP contribution in [0.1, 0.15) is 228 Å². The van der Waals surface area contributed by atoms with Crippen LogP contribution in [0.15, 0.2) is 269 Å². The van der Waals surface area contributed by atoms with Crippen LogP contribution in [0, 0.1) is 88.0 Å². The van der Waals surface area contributed by atoms with Gasteiger partial charge in [0, 0.05) is 87.1 Å². The molecule has 5 atom stereocenters. The van der Waals surface area contributed by atoms with Gasteiger partial charge in [0.2, 0.25) is 44.3 Å². The fourth-order valence-electron chi connectivity index (χ4n) is 18.9. The van der Waals surface area contributed by atoms with Crippen LogP contribution >= 0.6 is 0 Å². The maximum Gasteiger partial charge on any atom is 0.278 e. The molecule has 0 fully saturated rings. The van der Waals surface area contributed by atoms with Crippen molar-refractivity contribution < 1.29 is 32.0 Å². The van der Waals surface area contributed by atoms with Gasteiger partial charge < -0.3 is 44.6 Å². The third-order valence-corrected chi connectivity index (χ3v) is 24.9. The summed E-state index contributed by atoms with van der Waals surface area (Å²) in [6, 6.07) is 80.0. The lowest BCUT2D eigenvalue weighted by Gasteiger charge is -2.24. The van der Waals surface area contributed by atoms with Crippen molar-refractivity contribution >= 4 is 0 Å². The minimum absolute atomic E-state index is 0. The number of fused-ring (bicyclic) bond motifs is 7. The molecule has 0 radical (unpaired) electrons. The largest absolute Gasteiger partial charge is 0.358 e. The Labute approximate surface area is 784 Å². The lowest BCUT2D eigenvalue weighted by Crippen LogP contribution is -2.43. The van der Waals surface area contributed by atoms with Crippen LogP contribution in [0.2, 0.25) is 0 Å². The molecule has 694 valence electrons. The van der Waals surface area contributed by atoms with Gasteiger partial charge in [-0.1, -0.05) is 267 Å². The van der Waals surface area contributed by atoms with Crippen molar-refractivity contribution in [1.29, 1.82) is 0 Å². The Bertz CT molecular complexity index is 5890. The molecule has 0 N–H and O–H groups in total. The van der Waals surface area contributed by atoms with Gasteiger partial charge >= 0.3 is 0 Å². The highest BCUT2D eigenvalue weighted by molar-refractivity contribution is 5.48. The maximum atomic E-state index is 4.73. The molecule has 0 bridgehead atoms. The number of para-hydroxylation sites is 6. The maximum absolute atomic E-state index is 4.73. The molecule has 21 nitrogen and oxygen atoms in total. The second kappa shape index (κ2) is 46.0. The molecule has 0 saturated heterocycles. The molecular formula is C110H150N21+. The van der Waals surface area contributed by atoms with E-state index in [-0.39, 0.29) is 52.0 Å². The Morgan fingerprint density at radius 1 is 0.336 bits per heavy atom. The topological polar surface area (TPSA) is 152 Å². The van der Waals surface area contributed by atoms with E-state index in [1.807, 2.05) is 118 Å². The third-order valence-electron chi connectivity index (χ3n) is 24.9. The molecule has 0 saturated carbocycles. The molecule has 131 heavy (non-hydrogen) atoms. The minimum atomic E-state index is 0. The summed E-state index contributed by atoms with van der Waals surface area (Å²) in [5, 5.41) is 32.8. The molecule has 0 aliphatic carbocycles. The first-order valence-corrected chi connectivity index (χ1v) is 45.5. The van der Waals surface area contributed by atoms with Gasteiger partial charge in [-0.3, -0.25) is 0 Å². The second-order valence-electron chi connectivity index (χ2n) is 37.7. The van der Waals surface area contributed by atoms with Crippen molar-refractivity contribution in [1.82, 2.24) is 68.5 Å². The van der Waals surface area contributed by atoms with E-state index in [1.54, 1.807) is 0 Å². The average Bonchev–Trinajstić information content (AvgIpc) is 1.61. The number of hydrogen-bond donors (Lipinski definition) is 0. The van der Waals surface area contributed by atoms with Crippen molar-refractivity contribution in [3.05, 3.63) is 376 Å². The van der Waals surface area contributed by atoms with Crippen LogP contribution in [0.25, 0.3) is 39.8 Å². The fourth-order valence-corrected chi connectivity index (χ4v) is 18.9. The Balaban J connectivity index is 0.000000171. The first-order chi connectivity index (χ1) is 60.1. The smallest absolute Gasteiger partial charge is 0.278 e. The Morgan fingerprint density at radius 3 is 1.02 bits per heavy atom. The predicted octanol–water partition coefficient (Wildman–Crippen LogP) is 20.1. The van der Waals surface area contributed by atoms with Crippen molar-refractivity contribution in [3.8, 4) is 39.8 Å². The highest BCUT2D eigenvalue weighted by Gasteiger charge is 2.41. The molecule has 22 rings (SSSR count). The zero-order valence-corrected chi connectivity index (χ0v) is 81.3. The normalized spacial score (nSPS) is 16.3. The number of benzene rings is 8. The number of hydrogen-bond acceptors (Lipinski definition) is 7. The van der Waals surface area contributed by atoms with Gasteiger partial charge in [-0.05, 0) is 191 Å². The van der Waals surface area contributed by atoms with Crippen LogP contribution in [-0.4, -0.2) is 68.5 Å². The first kappa shape index (κ1) is 102. The molecule has 15 aromatic rings. The summed E-state index contributed by atoms with van der Waals surface area (Å²) in [6.45, 7) is 31.7. The van der Waals surface area contributed by atoms with E-state index in [0.717, 1.165) is 104 Å². The third kappa shape index (κ3) is 24.9. The summed E-state index contributed by atoms with van der Waals surface area (Å²) in [5.41, 5.74) is 14.0. The number of aryl methyl sites for hydroxylation is 12. The van der Waals surface area contributed by atoms with E-state index in [1.165, 1.54) is 126 Å². The lowest BCUT2D eigenvalue weighted by atomic mass is 9.85. The number of nitrogens with zero attached hydrogens (tertiary/aromatic N) is 21. The summed E-state index contributed by atoms with van der Waals surface area (Å²) >= 11 is 0. The quantitative estimate of drug-likeness (QED) is 0.0823. The zero-order valence-electron chi connectivity index (χ0n) is 81.3. The Hall–Kier alpha value is -12.3. The van der Waals surface area contributed by atoms with E-state index >= 15 is 0 Å². The van der Waals surface area contributed by atoms with Gasteiger partial charge in [0.05, 0.1) is 43.3 Å². The number of rotatable bonds is 13. The summed E-state index contributed by atoms with van der Waals surface area (Å²) in [6.07, 6.45) is 34.8. The summed E-state index contributed by atoms with van der Waals surface area (Å²) in [5.74, 6) is 9.90. The van der Waals surface area contributed by atoms with Gasteiger partial charge in [-0.2, -0.15) is 0 Å². The van der Waals surface area contributed by atoms with Crippen LogP contribution in [0.3, 0.4) is 0 Å². The highest BCUT2D eigenvalue weighted by atomic mass is 15.4. The first-order valence-electron chi connectivity index (χ1n) is 45.5. The van der Waals surface area contributed by atoms with Gasteiger partial charge in [0.15, 0.2) is 0 Å². The lowest BCUT2D eigenvalue weighted by molar-refractivity contribution is -0.729. The van der Waals surface area contributed by atoms with Gasteiger partial charge in [-0.25, -0.2) is 32.0 Å².